The highest BCUT2D eigenvalue weighted by Gasteiger charge is 2.35. The molecule has 3 aromatic rings. The van der Waals surface area contributed by atoms with Gasteiger partial charge in [-0.15, -0.1) is 5.10 Å². The standard InChI is InChI=1S/C25H26N4O3/c1-3-4-10-19-23-22(18(14-26)24(27)32-25(23)29-28-19)17-11-12-20(30-2)21(13-17)31-15-16-8-6-5-7-9-16/h5-9,11-13,22H,3-4,10,15,27H2,1-2H3,(H,28,29)/t22-/m1/s1. The Morgan fingerprint density at radius 2 is 2.00 bits per heavy atom. The molecule has 0 unspecified atom stereocenters. The van der Waals surface area contributed by atoms with Gasteiger partial charge in [0.25, 0.3) is 0 Å². The highest BCUT2D eigenvalue weighted by atomic mass is 16.5. The molecule has 4 rings (SSSR count). The van der Waals surface area contributed by atoms with Crippen molar-refractivity contribution in [2.45, 2.75) is 38.7 Å². The van der Waals surface area contributed by atoms with Crippen LogP contribution in [0.2, 0.25) is 0 Å². The second-order valence-electron chi connectivity index (χ2n) is 7.63. The Balaban J connectivity index is 1.74. The summed E-state index contributed by atoms with van der Waals surface area (Å²) < 4.78 is 17.3. The van der Waals surface area contributed by atoms with Crippen LogP contribution in [0.1, 0.15) is 48.1 Å². The fraction of sp³-hybridized carbons (Fsp3) is 0.280. The SMILES string of the molecule is CCCCc1[nH]nc2c1[C@H](c1ccc(OC)c(OCc3ccccc3)c1)C(C#N)=C(N)O2. The third-order valence-electron chi connectivity index (χ3n) is 5.56. The van der Waals surface area contributed by atoms with Crippen LogP contribution in [0.5, 0.6) is 17.4 Å². The number of aromatic nitrogens is 2. The molecule has 7 heteroatoms. The molecule has 7 nitrogen and oxygen atoms in total. The minimum atomic E-state index is -0.403. The molecule has 3 N–H and O–H groups in total. The predicted octanol–water partition coefficient (Wildman–Crippen LogP) is 4.56. The Labute approximate surface area is 187 Å². The lowest BCUT2D eigenvalue weighted by Gasteiger charge is -2.25. The number of nitrogens with two attached hydrogens (primary N) is 1. The van der Waals surface area contributed by atoms with E-state index in [-0.39, 0.29) is 5.88 Å². The van der Waals surface area contributed by atoms with E-state index in [1.54, 1.807) is 7.11 Å². The lowest BCUT2D eigenvalue weighted by Crippen LogP contribution is -2.21. The molecule has 32 heavy (non-hydrogen) atoms. The molecule has 1 atom stereocenters. The van der Waals surface area contributed by atoms with Crippen molar-refractivity contribution in [1.29, 1.82) is 5.26 Å². The third-order valence-corrected chi connectivity index (χ3v) is 5.56. The van der Waals surface area contributed by atoms with Gasteiger partial charge in [-0.2, -0.15) is 5.26 Å². The van der Waals surface area contributed by atoms with E-state index in [2.05, 4.69) is 23.2 Å². The summed E-state index contributed by atoms with van der Waals surface area (Å²) in [6.07, 6.45) is 2.85. The van der Waals surface area contributed by atoms with Gasteiger partial charge in [0, 0.05) is 11.3 Å². The van der Waals surface area contributed by atoms with E-state index in [4.69, 9.17) is 19.9 Å². The number of benzene rings is 2. The van der Waals surface area contributed by atoms with Gasteiger partial charge in [-0.05, 0) is 36.1 Å². The zero-order chi connectivity index (χ0) is 22.5. The first kappa shape index (κ1) is 21.3. The van der Waals surface area contributed by atoms with Gasteiger partial charge in [-0.25, -0.2) is 0 Å². The average molecular weight is 431 g/mol. The molecule has 0 radical (unpaired) electrons. The minimum absolute atomic E-state index is 0.0705. The highest BCUT2D eigenvalue weighted by molar-refractivity contribution is 5.57. The lowest BCUT2D eigenvalue weighted by molar-refractivity contribution is 0.284. The molecule has 1 aromatic heterocycles. The van der Waals surface area contributed by atoms with Crippen molar-refractivity contribution in [3.05, 3.63) is 82.4 Å². The summed E-state index contributed by atoms with van der Waals surface area (Å²) in [5, 5.41) is 17.3. The van der Waals surface area contributed by atoms with Crippen molar-refractivity contribution in [1.82, 2.24) is 10.2 Å². The molecule has 0 bridgehead atoms. The molecule has 0 fully saturated rings. The van der Waals surface area contributed by atoms with E-state index in [1.165, 1.54) is 0 Å². The number of allylic oxidation sites excluding steroid dienone is 1. The van der Waals surface area contributed by atoms with Gasteiger partial charge in [0.1, 0.15) is 18.2 Å². The highest BCUT2D eigenvalue weighted by Crippen LogP contribution is 2.45. The molecule has 0 saturated carbocycles. The number of hydrogen-bond acceptors (Lipinski definition) is 6. The largest absolute Gasteiger partial charge is 0.493 e. The number of aryl methyl sites for hydroxylation is 1. The molecule has 164 valence electrons. The van der Waals surface area contributed by atoms with Crippen molar-refractivity contribution in [2.75, 3.05) is 7.11 Å². The number of nitriles is 1. The van der Waals surface area contributed by atoms with E-state index in [9.17, 15) is 5.26 Å². The molecule has 0 saturated heterocycles. The van der Waals surface area contributed by atoms with Crippen LogP contribution in [0.15, 0.2) is 60.0 Å². The topological polar surface area (TPSA) is 106 Å². The number of unbranched alkanes of at least 4 members (excludes halogenated alkanes) is 1. The number of nitrogens with zero attached hydrogens (tertiary/aromatic N) is 2. The summed E-state index contributed by atoms with van der Waals surface area (Å²) in [5.41, 5.74) is 10.2. The number of fused-ring (bicyclic) bond motifs is 1. The van der Waals surface area contributed by atoms with Gasteiger partial charge < -0.3 is 19.9 Å². The lowest BCUT2D eigenvalue weighted by atomic mass is 9.83. The number of hydrogen-bond donors (Lipinski definition) is 2. The van der Waals surface area contributed by atoms with Gasteiger partial charge >= 0.3 is 0 Å². The Hall–Kier alpha value is -3.92. The van der Waals surface area contributed by atoms with Crippen molar-refractivity contribution in [3.63, 3.8) is 0 Å². The molecule has 0 spiro atoms. The van der Waals surface area contributed by atoms with Crippen molar-refractivity contribution >= 4 is 0 Å². The van der Waals surface area contributed by atoms with Crippen LogP contribution < -0.4 is 19.9 Å². The quantitative estimate of drug-likeness (QED) is 0.543. The molecule has 0 amide bonds. The van der Waals surface area contributed by atoms with Crippen LogP contribution in [-0.4, -0.2) is 17.3 Å². The van der Waals surface area contributed by atoms with E-state index >= 15 is 0 Å². The van der Waals surface area contributed by atoms with Gasteiger partial charge in [0.05, 0.1) is 13.0 Å². The summed E-state index contributed by atoms with van der Waals surface area (Å²) in [6.45, 7) is 2.53. The Bertz CT molecular complexity index is 1160. The summed E-state index contributed by atoms with van der Waals surface area (Å²) in [4.78, 5) is 0. The summed E-state index contributed by atoms with van der Waals surface area (Å²) >= 11 is 0. The van der Waals surface area contributed by atoms with Crippen LogP contribution in [0.25, 0.3) is 0 Å². The first-order valence-electron chi connectivity index (χ1n) is 10.7. The normalized spacial score (nSPS) is 15.0. The summed E-state index contributed by atoms with van der Waals surface area (Å²) in [7, 11) is 1.61. The van der Waals surface area contributed by atoms with E-state index in [0.29, 0.717) is 29.6 Å². The number of ether oxygens (including phenoxy) is 3. The van der Waals surface area contributed by atoms with E-state index < -0.39 is 5.92 Å². The fourth-order valence-electron chi connectivity index (χ4n) is 3.91. The molecule has 0 aliphatic carbocycles. The van der Waals surface area contributed by atoms with Crippen LogP contribution >= 0.6 is 0 Å². The van der Waals surface area contributed by atoms with Crippen LogP contribution in [-0.2, 0) is 13.0 Å². The molecule has 2 heterocycles. The zero-order valence-electron chi connectivity index (χ0n) is 18.2. The zero-order valence-corrected chi connectivity index (χ0v) is 18.2. The first-order chi connectivity index (χ1) is 15.7. The number of aromatic amines is 1. The van der Waals surface area contributed by atoms with Gasteiger partial charge in [0.2, 0.25) is 11.8 Å². The fourth-order valence-corrected chi connectivity index (χ4v) is 3.91. The molecule has 2 aromatic carbocycles. The van der Waals surface area contributed by atoms with Gasteiger partial charge in [-0.3, -0.25) is 5.10 Å². The third kappa shape index (κ3) is 4.12. The maximum atomic E-state index is 9.89. The van der Waals surface area contributed by atoms with Crippen molar-refractivity contribution in [3.8, 4) is 23.4 Å². The van der Waals surface area contributed by atoms with Crippen LogP contribution in [0.4, 0.5) is 0 Å². The maximum Gasteiger partial charge on any atom is 0.244 e. The van der Waals surface area contributed by atoms with Gasteiger partial charge in [0.15, 0.2) is 11.5 Å². The van der Waals surface area contributed by atoms with Crippen molar-refractivity contribution < 1.29 is 14.2 Å². The van der Waals surface area contributed by atoms with Gasteiger partial charge in [-0.1, -0.05) is 49.7 Å². The predicted molar refractivity (Wildman–Crippen MR) is 120 cm³/mol. The van der Waals surface area contributed by atoms with E-state index in [1.807, 2.05) is 48.5 Å². The second-order valence-corrected chi connectivity index (χ2v) is 7.63. The number of H-pyrrole nitrogens is 1. The second kappa shape index (κ2) is 9.48. The van der Waals surface area contributed by atoms with Crippen LogP contribution in [0, 0.1) is 11.3 Å². The number of nitrogens with one attached hydrogen (secondary N) is 1. The Morgan fingerprint density at radius 3 is 2.72 bits per heavy atom. The maximum absolute atomic E-state index is 9.89. The monoisotopic (exact) mass is 430 g/mol. The summed E-state index contributed by atoms with van der Waals surface area (Å²) in [5.74, 6) is 1.29. The first-order valence-corrected chi connectivity index (χ1v) is 10.7. The van der Waals surface area contributed by atoms with Crippen LogP contribution in [0.3, 0.4) is 0 Å². The molecular formula is C25H26N4O3. The van der Waals surface area contributed by atoms with Crippen molar-refractivity contribution in [2.24, 2.45) is 5.73 Å². The smallest absolute Gasteiger partial charge is 0.244 e. The molecular weight excluding hydrogens is 404 g/mol. The number of rotatable bonds is 8. The minimum Gasteiger partial charge on any atom is -0.493 e. The number of methoxy groups -OCH3 is 1. The average Bonchev–Trinajstić information content (AvgIpc) is 3.23. The molecule has 1 aliphatic heterocycles. The summed E-state index contributed by atoms with van der Waals surface area (Å²) in [6, 6.07) is 17.8. The van der Waals surface area contributed by atoms with E-state index in [0.717, 1.165) is 41.6 Å². The Morgan fingerprint density at radius 1 is 1.19 bits per heavy atom. The molecule has 1 aliphatic rings. The Kier molecular flexibility index (Phi) is 6.31.